The van der Waals surface area contributed by atoms with Crippen molar-refractivity contribution in [1.82, 2.24) is 0 Å². The van der Waals surface area contributed by atoms with Gasteiger partial charge in [-0.25, -0.2) is 0 Å². The Morgan fingerprint density at radius 2 is 0.597 bits per heavy atom. The lowest BCUT2D eigenvalue weighted by Gasteiger charge is -2.36. The number of fused-ring (bicyclic) bond motifs is 18. The molecule has 0 aromatic heterocycles. The molecule has 1 spiro atoms. The number of hydrogen-bond acceptors (Lipinski definition) is 1. The van der Waals surface area contributed by atoms with Crippen molar-refractivity contribution in [3.63, 3.8) is 0 Å². The fourth-order valence-corrected chi connectivity index (χ4v) is 14.2. The molecule has 338 valence electrons. The molecule has 0 unspecified atom stereocenters. The molecule has 1 heteroatoms. The maximum Gasteiger partial charge on any atom is 0.0726 e. The van der Waals surface area contributed by atoms with Crippen LogP contribution in [0.4, 0.5) is 17.1 Å². The Labute approximate surface area is 422 Å². The van der Waals surface area contributed by atoms with Crippen LogP contribution in [0.5, 0.6) is 0 Å². The lowest BCUT2D eigenvalue weighted by molar-refractivity contribution is 0.660. The third-order valence-electron chi connectivity index (χ3n) is 17.0. The van der Waals surface area contributed by atoms with E-state index in [1.54, 1.807) is 0 Å². The van der Waals surface area contributed by atoms with Gasteiger partial charge in [0.1, 0.15) is 0 Å². The Morgan fingerprint density at radius 1 is 0.250 bits per heavy atom. The highest BCUT2D eigenvalue weighted by atomic mass is 15.1. The second-order valence-electron chi connectivity index (χ2n) is 20.6. The fourth-order valence-electron chi connectivity index (χ4n) is 14.2. The summed E-state index contributed by atoms with van der Waals surface area (Å²) in [6, 6.07) is 98.8. The Bertz CT molecular complexity index is 3920. The second-order valence-corrected chi connectivity index (χ2v) is 20.6. The van der Waals surface area contributed by atoms with E-state index in [9.17, 15) is 0 Å². The molecule has 1 nitrogen and oxygen atoms in total. The molecule has 0 aliphatic heterocycles. The Morgan fingerprint density at radius 3 is 1.10 bits per heavy atom. The molecule has 15 rings (SSSR count). The van der Waals surface area contributed by atoms with Crippen LogP contribution in [0, 0.1) is 0 Å². The van der Waals surface area contributed by atoms with Crippen LogP contribution >= 0.6 is 0 Å². The molecule has 4 aliphatic carbocycles. The minimum absolute atomic E-state index is 0.202. The van der Waals surface area contributed by atoms with E-state index in [0.29, 0.717) is 0 Å². The molecule has 0 N–H and O–H groups in total. The first kappa shape index (κ1) is 41.0. The molecule has 0 saturated carbocycles. The first-order valence-electron chi connectivity index (χ1n) is 25.4. The molecule has 0 bridgehead atoms. The third-order valence-corrected chi connectivity index (χ3v) is 17.0. The largest absolute Gasteiger partial charge is 0.309 e. The van der Waals surface area contributed by atoms with Crippen LogP contribution in [-0.2, 0) is 16.2 Å². The van der Waals surface area contributed by atoms with Gasteiger partial charge in [0.2, 0.25) is 0 Å². The topological polar surface area (TPSA) is 3.24 Å². The van der Waals surface area contributed by atoms with Gasteiger partial charge in [-0.1, -0.05) is 250 Å². The van der Waals surface area contributed by atoms with E-state index < -0.39 is 10.8 Å². The van der Waals surface area contributed by atoms with E-state index in [2.05, 4.69) is 280 Å². The Balaban J connectivity index is 1.08. The van der Waals surface area contributed by atoms with Gasteiger partial charge in [-0.2, -0.15) is 0 Å². The summed E-state index contributed by atoms with van der Waals surface area (Å²) in [5, 5.41) is 0. The molecule has 72 heavy (non-hydrogen) atoms. The molecule has 0 amide bonds. The minimum Gasteiger partial charge on any atom is -0.309 e. The van der Waals surface area contributed by atoms with Gasteiger partial charge in [-0.05, 0) is 124 Å². The summed E-state index contributed by atoms with van der Waals surface area (Å²) in [7, 11) is 0. The van der Waals surface area contributed by atoms with Crippen molar-refractivity contribution < 1.29 is 0 Å². The molecule has 0 heterocycles. The molecule has 11 aromatic rings. The van der Waals surface area contributed by atoms with Crippen molar-refractivity contribution in [3.05, 3.63) is 316 Å². The fraction of sp³-hybridized carbons (Fsp3) is 0.0704. The zero-order valence-corrected chi connectivity index (χ0v) is 40.3. The third kappa shape index (κ3) is 5.22. The van der Waals surface area contributed by atoms with Crippen molar-refractivity contribution in [2.24, 2.45) is 0 Å². The summed E-state index contributed by atoms with van der Waals surface area (Å²) >= 11 is 0. The van der Waals surface area contributed by atoms with Crippen LogP contribution in [0.2, 0.25) is 0 Å². The first-order chi connectivity index (χ1) is 35.5. The van der Waals surface area contributed by atoms with Crippen LogP contribution in [0.15, 0.2) is 261 Å². The average molecular weight is 916 g/mol. The van der Waals surface area contributed by atoms with Crippen molar-refractivity contribution in [1.29, 1.82) is 0 Å². The summed E-state index contributed by atoms with van der Waals surface area (Å²) in [4.78, 5) is 2.64. The molecule has 11 aromatic carbocycles. The van der Waals surface area contributed by atoms with Crippen LogP contribution in [0.25, 0.3) is 55.6 Å². The zero-order valence-electron chi connectivity index (χ0n) is 40.3. The van der Waals surface area contributed by atoms with E-state index in [1.165, 1.54) is 111 Å². The van der Waals surface area contributed by atoms with Crippen LogP contribution in [0.3, 0.4) is 0 Å². The van der Waals surface area contributed by atoms with E-state index in [4.69, 9.17) is 0 Å². The van der Waals surface area contributed by atoms with Crippen LogP contribution < -0.4 is 4.90 Å². The van der Waals surface area contributed by atoms with E-state index in [-0.39, 0.29) is 5.41 Å². The van der Waals surface area contributed by atoms with Gasteiger partial charge in [0.25, 0.3) is 0 Å². The van der Waals surface area contributed by atoms with Gasteiger partial charge >= 0.3 is 0 Å². The van der Waals surface area contributed by atoms with Crippen molar-refractivity contribution in [2.45, 2.75) is 30.1 Å². The molecular formula is C71H49N. The van der Waals surface area contributed by atoms with Gasteiger partial charge in [0.05, 0.1) is 22.2 Å². The van der Waals surface area contributed by atoms with Gasteiger partial charge < -0.3 is 4.90 Å². The summed E-state index contributed by atoms with van der Waals surface area (Å²) in [6.07, 6.45) is 0. The van der Waals surface area contributed by atoms with Gasteiger partial charge in [0, 0.05) is 22.2 Å². The van der Waals surface area contributed by atoms with E-state index >= 15 is 0 Å². The van der Waals surface area contributed by atoms with Crippen molar-refractivity contribution in [2.75, 3.05) is 4.90 Å². The average Bonchev–Trinajstić information content (AvgIpc) is 3.99. The molecule has 4 aliphatic rings. The van der Waals surface area contributed by atoms with Gasteiger partial charge in [-0.3, -0.25) is 0 Å². The first-order valence-corrected chi connectivity index (χ1v) is 25.4. The number of benzene rings is 11. The van der Waals surface area contributed by atoms with Crippen LogP contribution in [0.1, 0.15) is 69.5 Å². The lowest BCUT2D eigenvalue weighted by atomic mass is 9.66. The number of rotatable bonds is 5. The lowest BCUT2D eigenvalue weighted by Crippen LogP contribution is -2.29. The van der Waals surface area contributed by atoms with Crippen molar-refractivity contribution >= 4 is 17.1 Å². The predicted molar refractivity (Wildman–Crippen MR) is 298 cm³/mol. The number of anilines is 3. The molecule has 0 saturated heterocycles. The Kier molecular flexibility index (Phi) is 8.62. The minimum atomic E-state index is -0.623. The van der Waals surface area contributed by atoms with Crippen LogP contribution in [-0.4, -0.2) is 0 Å². The monoisotopic (exact) mass is 915 g/mol. The molecule has 0 radical (unpaired) electrons. The van der Waals surface area contributed by atoms with E-state index in [0.717, 1.165) is 17.1 Å². The standard InChI is InChI=1S/C71H49N/c1-69(2)57-34-16-11-31-53(57)54-44-43-48(45-64(54)69)72(65-41-21-39-62-67(65)55-32-14-19-37-60(55)70(62,46-23-5-3-6-24-46)47-25-7-4-8-26-47)66-42-22-40-63-68(66)56-33-15-20-38-61(56)71(63)58-35-17-12-29-51(58)49-27-9-10-28-50(49)52-30-13-18-36-59(52)71/h3-45H,1-2H3. The number of nitrogens with zero attached hydrogens (tertiary/aromatic N) is 1. The second kappa shape index (κ2) is 15.1. The van der Waals surface area contributed by atoms with Gasteiger partial charge in [0.15, 0.2) is 0 Å². The summed E-state index contributed by atoms with van der Waals surface area (Å²) in [5.41, 5.74) is 27.8. The smallest absolute Gasteiger partial charge is 0.0726 e. The highest BCUT2D eigenvalue weighted by Crippen LogP contribution is 2.65. The highest BCUT2D eigenvalue weighted by Gasteiger charge is 2.52. The SMILES string of the molecule is CC1(C)c2ccccc2-c2ccc(N(c3cccc4c3-c3ccccc3C4(c3ccccc3)c3ccccc3)c3cccc4c3-c3ccccc3C43c4ccccc4-c4ccccc4-c4ccccc43)cc21. The quantitative estimate of drug-likeness (QED) is 0.166. The highest BCUT2D eigenvalue weighted by molar-refractivity contribution is 6.05. The number of hydrogen-bond donors (Lipinski definition) is 0. The summed E-state index contributed by atoms with van der Waals surface area (Å²) in [5.74, 6) is 0. The van der Waals surface area contributed by atoms with E-state index in [1.807, 2.05) is 0 Å². The molecule has 0 fully saturated rings. The van der Waals surface area contributed by atoms with Gasteiger partial charge in [-0.15, -0.1) is 0 Å². The Hall–Kier alpha value is -8.78. The zero-order chi connectivity index (χ0) is 47.8. The molecular weight excluding hydrogens is 867 g/mol. The normalized spacial score (nSPS) is 14.9. The maximum atomic E-state index is 2.64. The maximum absolute atomic E-state index is 2.64. The molecule has 0 atom stereocenters. The summed E-state index contributed by atoms with van der Waals surface area (Å²) < 4.78 is 0. The van der Waals surface area contributed by atoms with Crippen molar-refractivity contribution in [3.8, 4) is 55.6 Å². The summed E-state index contributed by atoms with van der Waals surface area (Å²) in [6.45, 7) is 4.80. The predicted octanol–water partition coefficient (Wildman–Crippen LogP) is 17.8.